The molecule has 0 radical (unpaired) electrons. The van der Waals surface area contributed by atoms with E-state index in [9.17, 15) is 0 Å². The van der Waals surface area contributed by atoms with Gasteiger partial charge in [-0.05, 0) is 107 Å². The molecule has 0 N–H and O–H groups in total. The second-order valence-corrected chi connectivity index (χ2v) is 16.9. The van der Waals surface area contributed by atoms with Crippen LogP contribution in [0.2, 0.25) is 0 Å². The Labute approximate surface area is 353 Å². The molecule has 2 aromatic heterocycles. The molecule has 4 heteroatoms. The largest absolute Gasteiger partial charge is 0.454 e. The Bertz CT molecular complexity index is 3450. The van der Waals surface area contributed by atoms with Gasteiger partial charge in [-0.3, -0.25) is 0 Å². The van der Waals surface area contributed by atoms with Crippen LogP contribution in [0.15, 0.2) is 185 Å². The molecule has 0 fully saturated rings. The number of para-hydroxylation sites is 4. The van der Waals surface area contributed by atoms with E-state index in [1.54, 1.807) is 0 Å². The molecule has 4 nitrogen and oxygen atoms in total. The Morgan fingerprint density at radius 3 is 1.31 bits per heavy atom. The van der Waals surface area contributed by atoms with E-state index in [-0.39, 0.29) is 0 Å². The predicted molar refractivity (Wildman–Crippen MR) is 258 cm³/mol. The SMILES string of the molecule is Cc1cccc(N(c2cc(N(c3cccc(C)c3)c3cccc4c3oc3ccccc34)c3ccc4cc(C(C)C)cc5ccc2c3c54)c2cccc3c2oc2ccccc23)c1. The molecular weight excluding hydrogens is 745 g/mol. The third kappa shape index (κ3) is 5.45. The lowest BCUT2D eigenvalue weighted by molar-refractivity contribution is 0.669. The summed E-state index contributed by atoms with van der Waals surface area (Å²) < 4.78 is 13.7. The quantitative estimate of drug-likeness (QED) is 0.151. The van der Waals surface area contributed by atoms with Gasteiger partial charge in [0.1, 0.15) is 11.2 Å². The van der Waals surface area contributed by atoms with Crippen LogP contribution in [0.1, 0.15) is 36.5 Å². The predicted octanol–water partition coefficient (Wildman–Crippen LogP) is 17.1. The van der Waals surface area contributed by atoms with Crippen LogP contribution in [0.4, 0.5) is 34.1 Å². The zero-order chi connectivity index (χ0) is 40.9. The molecule has 10 aromatic carbocycles. The number of furan rings is 2. The summed E-state index contributed by atoms with van der Waals surface area (Å²) in [5.41, 5.74) is 13.3. The first kappa shape index (κ1) is 35.4. The van der Waals surface area contributed by atoms with E-state index in [2.05, 4.69) is 201 Å². The number of hydrogen-bond acceptors (Lipinski definition) is 4. The number of benzene rings is 10. The van der Waals surface area contributed by atoms with Gasteiger partial charge in [-0.25, -0.2) is 0 Å². The van der Waals surface area contributed by atoms with Gasteiger partial charge in [-0.2, -0.15) is 0 Å². The summed E-state index contributed by atoms with van der Waals surface area (Å²) in [4.78, 5) is 4.84. The molecule has 0 aliphatic heterocycles. The van der Waals surface area contributed by atoms with Crippen molar-refractivity contribution in [3.8, 4) is 0 Å². The number of nitrogens with zero attached hydrogens (tertiary/aromatic N) is 2. The number of aryl methyl sites for hydroxylation is 2. The summed E-state index contributed by atoms with van der Waals surface area (Å²) in [6.45, 7) is 8.89. The van der Waals surface area contributed by atoms with Crippen LogP contribution >= 0.6 is 0 Å². The number of fused-ring (bicyclic) bond motifs is 6. The first-order chi connectivity index (χ1) is 29.9. The highest BCUT2D eigenvalue weighted by Crippen LogP contribution is 2.53. The van der Waals surface area contributed by atoms with Crippen molar-refractivity contribution in [3.63, 3.8) is 0 Å². The van der Waals surface area contributed by atoms with Crippen LogP contribution in [-0.2, 0) is 0 Å². The summed E-state index contributed by atoms with van der Waals surface area (Å²) in [6, 6.07) is 63.9. The zero-order valence-corrected chi connectivity index (χ0v) is 34.5. The monoisotopic (exact) mass is 786 g/mol. The summed E-state index contributed by atoms with van der Waals surface area (Å²) in [7, 11) is 0. The maximum absolute atomic E-state index is 6.84. The Hall–Kier alpha value is -7.56. The topological polar surface area (TPSA) is 32.8 Å². The Morgan fingerprint density at radius 2 is 0.836 bits per heavy atom. The van der Waals surface area contributed by atoms with Crippen molar-refractivity contribution in [2.24, 2.45) is 0 Å². The third-order valence-corrected chi connectivity index (χ3v) is 12.6. The average molecular weight is 787 g/mol. The van der Waals surface area contributed by atoms with Crippen LogP contribution in [0.25, 0.3) is 76.2 Å². The molecule has 0 bridgehead atoms. The smallest absolute Gasteiger partial charge is 0.159 e. The van der Waals surface area contributed by atoms with Crippen LogP contribution in [0.3, 0.4) is 0 Å². The molecule has 0 spiro atoms. The fraction of sp³-hybridized carbons (Fsp3) is 0.0877. The normalized spacial score (nSPS) is 12.1. The van der Waals surface area contributed by atoms with Gasteiger partial charge in [0.15, 0.2) is 11.2 Å². The highest BCUT2D eigenvalue weighted by Gasteiger charge is 2.28. The van der Waals surface area contributed by atoms with Gasteiger partial charge in [0.25, 0.3) is 0 Å². The molecular formula is C57H42N2O2. The van der Waals surface area contributed by atoms with E-state index < -0.39 is 0 Å². The van der Waals surface area contributed by atoms with Crippen molar-refractivity contribution in [1.29, 1.82) is 0 Å². The molecule has 0 saturated heterocycles. The average Bonchev–Trinajstić information content (AvgIpc) is 3.86. The van der Waals surface area contributed by atoms with Gasteiger partial charge in [-0.1, -0.05) is 135 Å². The van der Waals surface area contributed by atoms with Gasteiger partial charge in [0.2, 0.25) is 0 Å². The molecule has 2 heterocycles. The zero-order valence-electron chi connectivity index (χ0n) is 34.5. The van der Waals surface area contributed by atoms with E-state index in [0.717, 1.165) is 88.8 Å². The minimum atomic E-state index is 0.398. The molecule has 61 heavy (non-hydrogen) atoms. The van der Waals surface area contributed by atoms with Crippen LogP contribution in [0.5, 0.6) is 0 Å². The van der Waals surface area contributed by atoms with Crippen molar-refractivity contribution in [3.05, 3.63) is 193 Å². The second-order valence-electron chi connectivity index (χ2n) is 16.9. The Balaban J connectivity index is 1.26. The highest BCUT2D eigenvalue weighted by molar-refractivity contribution is 6.29. The third-order valence-electron chi connectivity index (χ3n) is 12.6. The lowest BCUT2D eigenvalue weighted by Crippen LogP contribution is -2.15. The fourth-order valence-corrected chi connectivity index (χ4v) is 9.77. The lowest BCUT2D eigenvalue weighted by Gasteiger charge is -2.32. The Kier molecular flexibility index (Phi) is 7.82. The molecule has 0 saturated carbocycles. The Morgan fingerprint density at radius 1 is 0.377 bits per heavy atom. The fourth-order valence-electron chi connectivity index (χ4n) is 9.77. The summed E-state index contributed by atoms with van der Waals surface area (Å²) >= 11 is 0. The summed E-state index contributed by atoms with van der Waals surface area (Å²) in [5, 5.41) is 11.7. The summed E-state index contributed by atoms with van der Waals surface area (Å²) in [6.07, 6.45) is 0. The molecule has 12 rings (SSSR count). The van der Waals surface area contributed by atoms with Gasteiger partial charge >= 0.3 is 0 Å². The highest BCUT2D eigenvalue weighted by atomic mass is 16.3. The van der Waals surface area contributed by atoms with Gasteiger partial charge in [0.05, 0.1) is 22.7 Å². The number of hydrogen-bond donors (Lipinski definition) is 0. The maximum Gasteiger partial charge on any atom is 0.159 e. The number of anilines is 6. The number of rotatable bonds is 7. The van der Waals surface area contributed by atoms with E-state index in [0.29, 0.717) is 5.92 Å². The standard InChI is InChI=1S/C57H42N2O2/c1-34(2)39-31-37-25-27-46-50(58(40-15-9-13-35(3)29-40)48-21-11-19-44-42-17-5-7-23-52(42)60-56(44)48)33-51(47-28-26-38(32-39)54(37)55(46)47)59(41-16-10-14-36(4)30-41)49-22-12-20-45-43-18-6-8-24-53(43)61-57(45)49/h5-34H,1-4H3. The maximum atomic E-state index is 6.84. The van der Waals surface area contributed by atoms with Crippen molar-refractivity contribution < 1.29 is 8.83 Å². The minimum absolute atomic E-state index is 0.398. The van der Waals surface area contributed by atoms with Crippen molar-refractivity contribution in [2.75, 3.05) is 9.80 Å². The van der Waals surface area contributed by atoms with Gasteiger partial charge in [0, 0.05) is 49.1 Å². The second kappa shape index (κ2) is 13.5. The van der Waals surface area contributed by atoms with E-state index in [4.69, 9.17) is 8.83 Å². The molecule has 0 aliphatic carbocycles. The van der Waals surface area contributed by atoms with Gasteiger partial charge in [-0.15, -0.1) is 0 Å². The minimum Gasteiger partial charge on any atom is -0.454 e. The van der Waals surface area contributed by atoms with Crippen LogP contribution in [0, 0.1) is 13.8 Å². The first-order valence-corrected chi connectivity index (χ1v) is 21.2. The first-order valence-electron chi connectivity index (χ1n) is 21.2. The van der Waals surface area contributed by atoms with Crippen molar-refractivity contribution >= 4 is 110 Å². The van der Waals surface area contributed by atoms with E-state index in [1.165, 1.54) is 38.2 Å². The van der Waals surface area contributed by atoms with E-state index in [1.807, 2.05) is 12.1 Å². The molecule has 0 atom stereocenters. The molecule has 292 valence electrons. The lowest BCUT2D eigenvalue weighted by atomic mass is 9.88. The van der Waals surface area contributed by atoms with E-state index >= 15 is 0 Å². The summed E-state index contributed by atoms with van der Waals surface area (Å²) in [5.74, 6) is 0.398. The molecule has 0 aliphatic rings. The van der Waals surface area contributed by atoms with Gasteiger partial charge < -0.3 is 18.6 Å². The van der Waals surface area contributed by atoms with Crippen LogP contribution in [-0.4, -0.2) is 0 Å². The van der Waals surface area contributed by atoms with Crippen LogP contribution < -0.4 is 9.80 Å². The van der Waals surface area contributed by atoms with Crippen molar-refractivity contribution in [2.45, 2.75) is 33.6 Å². The van der Waals surface area contributed by atoms with Crippen molar-refractivity contribution in [1.82, 2.24) is 0 Å². The molecule has 12 aromatic rings. The molecule has 0 unspecified atom stereocenters. The molecule has 0 amide bonds.